The summed E-state index contributed by atoms with van der Waals surface area (Å²) in [5.74, 6) is -14.3. The molecule has 0 fully saturated rings. The van der Waals surface area contributed by atoms with Gasteiger partial charge in [-0.15, -0.1) is 0 Å². The summed E-state index contributed by atoms with van der Waals surface area (Å²) in [7, 11) is 0. The molecule has 25 nitrogen and oxygen atoms in total. The van der Waals surface area contributed by atoms with Crippen LogP contribution in [0.5, 0.6) is 0 Å². The van der Waals surface area contributed by atoms with Gasteiger partial charge in [0.25, 0.3) is 6.29 Å². The SMILES string of the molecule is CCCC(C(N)=O)C(CCC)C(=O)[O-].CCCC(CC(CCC)C(=O)OC(C)(C)CC(OC(=O)C(CCC)CCC(CC)C(N)=O)OC(=O)C(CCC)C(CCC)C(N)=O)C(N)=O.CCCC(CC(CCC)C(=O)[O-])C(N)=O.CCCC(CCC(CC)C(N)=O)C(=O)[O-].[OH-]. The van der Waals surface area contributed by atoms with Crippen LogP contribution in [0.4, 0.5) is 0 Å². The van der Waals surface area contributed by atoms with Gasteiger partial charge in [-0.3, -0.25) is 43.2 Å². The Morgan fingerprint density at radius 3 is 0.936 bits per heavy atom. The molecular weight excluding hydrogens is 1220 g/mol. The summed E-state index contributed by atoms with van der Waals surface area (Å²) in [4.78, 5) is 142. The predicted octanol–water partition coefficient (Wildman–Crippen LogP) is 6.61. The number of primary amides is 6. The maximum absolute atomic E-state index is 13.7. The van der Waals surface area contributed by atoms with E-state index < -0.39 is 131 Å². The van der Waals surface area contributed by atoms with Crippen LogP contribution >= 0.6 is 0 Å². The molecule has 13 atom stereocenters. The first-order chi connectivity index (χ1) is 43.6. The van der Waals surface area contributed by atoms with Gasteiger partial charge in [-0.2, -0.15) is 0 Å². The lowest BCUT2D eigenvalue weighted by Crippen LogP contribution is -2.42. The summed E-state index contributed by atoms with van der Waals surface area (Å²) in [6.07, 6.45) is 14.2. The average molecular weight is 1340 g/mol. The van der Waals surface area contributed by atoms with Crippen molar-refractivity contribution in [3.05, 3.63) is 0 Å². The molecule has 0 aromatic carbocycles. The molecule has 94 heavy (non-hydrogen) atoms. The van der Waals surface area contributed by atoms with Gasteiger partial charge in [0.05, 0.1) is 30.1 Å². The molecule has 0 aliphatic heterocycles. The summed E-state index contributed by atoms with van der Waals surface area (Å²) in [6.45, 7) is 26.1. The summed E-state index contributed by atoms with van der Waals surface area (Å²) in [6, 6.07) is 0. The van der Waals surface area contributed by atoms with Crippen LogP contribution in [0.25, 0.3) is 0 Å². The molecule has 25 heteroatoms. The third-order valence-electron chi connectivity index (χ3n) is 16.9. The number of ether oxygens (including phenoxy) is 3. The van der Waals surface area contributed by atoms with Crippen molar-refractivity contribution >= 4 is 71.3 Å². The molecule has 6 amide bonds. The zero-order valence-corrected chi connectivity index (χ0v) is 59.8. The van der Waals surface area contributed by atoms with Crippen LogP contribution in [0.15, 0.2) is 0 Å². The number of carbonyl (C=O) groups excluding carboxylic acids is 12. The minimum Gasteiger partial charge on any atom is -0.870 e. The van der Waals surface area contributed by atoms with Crippen molar-refractivity contribution in [2.45, 2.75) is 295 Å². The molecule has 0 saturated heterocycles. The number of nitrogens with two attached hydrogens (primary N) is 6. The Labute approximate surface area is 562 Å². The molecule has 0 heterocycles. The minimum atomic E-state index is -1.45. The van der Waals surface area contributed by atoms with E-state index in [1.165, 1.54) is 0 Å². The van der Waals surface area contributed by atoms with E-state index in [1.54, 1.807) is 13.8 Å². The van der Waals surface area contributed by atoms with Gasteiger partial charge in [0.15, 0.2) is 0 Å². The van der Waals surface area contributed by atoms with Gasteiger partial charge < -0.3 is 83.8 Å². The zero-order valence-electron chi connectivity index (χ0n) is 59.8. The topological polar surface area (TPSA) is 488 Å². The van der Waals surface area contributed by atoms with E-state index in [0.29, 0.717) is 141 Å². The largest absolute Gasteiger partial charge is 0.870 e. The Bertz CT molecular complexity index is 2150. The third kappa shape index (κ3) is 42.8. The molecular formula is C69H126N6O19-4. The molecule has 550 valence electrons. The van der Waals surface area contributed by atoms with Gasteiger partial charge in [-0.1, -0.05) is 147 Å². The Kier molecular flexibility index (Phi) is 57.2. The second-order valence-corrected chi connectivity index (χ2v) is 25.4. The smallest absolute Gasteiger partial charge is 0.312 e. The Morgan fingerprint density at radius 2 is 0.596 bits per heavy atom. The first-order valence-electron chi connectivity index (χ1n) is 34.6. The predicted molar refractivity (Wildman–Crippen MR) is 352 cm³/mol. The fourth-order valence-corrected chi connectivity index (χ4v) is 11.5. The number of aliphatic carboxylic acids is 3. The maximum atomic E-state index is 13.7. The van der Waals surface area contributed by atoms with Crippen molar-refractivity contribution in [1.29, 1.82) is 0 Å². The molecule has 0 saturated carbocycles. The number of hydrogen-bond donors (Lipinski definition) is 6. The molecule has 0 rings (SSSR count). The molecule has 0 bridgehead atoms. The molecule has 0 aliphatic carbocycles. The highest BCUT2D eigenvalue weighted by Gasteiger charge is 2.40. The quantitative estimate of drug-likeness (QED) is 0.0275. The second-order valence-electron chi connectivity index (χ2n) is 25.4. The fourth-order valence-electron chi connectivity index (χ4n) is 11.5. The number of esters is 3. The van der Waals surface area contributed by atoms with Crippen molar-refractivity contribution in [1.82, 2.24) is 0 Å². The van der Waals surface area contributed by atoms with E-state index in [2.05, 4.69) is 0 Å². The number of rotatable bonds is 51. The molecule has 0 aromatic heterocycles. The van der Waals surface area contributed by atoms with Crippen LogP contribution in [0.3, 0.4) is 0 Å². The zero-order chi connectivity index (χ0) is 72.6. The van der Waals surface area contributed by atoms with Crippen LogP contribution in [0, 0.1) is 71.0 Å². The van der Waals surface area contributed by atoms with Gasteiger partial charge in [0.2, 0.25) is 35.4 Å². The number of hydrogen-bond acceptors (Lipinski definition) is 19. The Hall–Kier alpha value is -6.40. The number of amides is 6. The first-order valence-corrected chi connectivity index (χ1v) is 34.6. The molecule has 13 N–H and O–H groups in total. The first kappa shape index (κ1) is 96.3. The van der Waals surface area contributed by atoms with Gasteiger partial charge >= 0.3 is 17.9 Å². The summed E-state index contributed by atoms with van der Waals surface area (Å²) < 4.78 is 17.7. The van der Waals surface area contributed by atoms with E-state index in [1.807, 2.05) is 83.1 Å². The van der Waals surface area contributed by atoms with Gasteiger partial charge in [-0.05, 0) is 141 Å². The Balaban J connectivity index is -0.000000470. The molecule has 13 unspecified atom stereocenters. The van der Waals surface area contributed by atoms with Crippen molar-refractivity contribution in [2.24, 2.45) is 105 Å². The number of carbonyl (C=O) groups is 12. The summed E-state index contributed by atoms with van der Waals surface area (Å²) in [5.41, 5.74) is 31.1. The summed E-state index contributed by atoms with van der Waals surface area (Å²) >= 11 is 0. The van der Waals surface area contributed by atoms with Crippen molar-refractivity contribution in [3.63, 3.8) is 0 Å². The Morgan fingerprint density at radius 1 is 0.309 bits per heavy atom. The monoisotopic (exact) mass is 1340 g/mol. The number of carboxylic acid groups (broad SMARTS) is 3. The van der Waals surface area contributed by atoms with Crippen molar-refractivity contribution < 1.29 is 92.5 Å². The van der Waals surface area contributed by atoms with E-state index in [9.17, 15) is 72.9 Å². The van der Waals surface area contributed by atoms with Crippen LogP contribution < -0.4 is 49.7 Å². The standard InChI is InChI=1S/C37H67N3O9.2C11H21NO3.C10H19NO3.H2O/c1-9-15-25(21-20-24(14-6)31(38)41)34(44)47-30(48-36(46)29(19-13-5)28(18-12-4)33(40)43)23-37(7,8)49-35(45)27(17-11-3)22-26(16-10-2)32(39)42;1-3-5-9(11(14)15)7-6-8(4-2)10(12)13;1-3-5-8(10(12)13)7-9(6-4-2)11(14)15;1-3-5-7(9(11)12)8(6-4-2)10(13)14;/h24-30H,9-23H2,1-8H3,(H2,38,41)(H2,39,42)(H2,40,43);2*8-9H,3-7H2,1-2H3,(H2,12,13)(H,14,15);7-8H,3-6H2,1-2H3,(H2,11,12)(H,13,14);1H2/p-4. The fraction of sp³-hybridized carbons (Fsp3) is 0.826. The van der Waals surface area contributed by atoms with E-state index in [0.717, 1.165) is 32.1 Å². The van der Waals surface area contributed by atoms with Gasteiger partial charge in [-0.25, -0.2) is 0 Å². The van der Waals surface area contributed by atoms with Crippen LogP contribution in [-0.4, -0.2) is 88.6 Å². The van der Waals surface area contributed by atoms with E-state index in [4.69, 9.17) is 48.6 Å². The molecule has 0 radical (unpaired) electrons. The lowest BCUT2D eigenvalue weighted by molar-refractivity contribution is -0.314. The summed E-state index contributed by atoms with van der Waals surface area (Å²) in [5, 5.41) is 32.3. The van der Waals surface area contributed by atoms with Crippen LogP contribution in [0.2, 0.25) is 0 Å². The number of carboxylic acids is 3. The van der Waals surface area contributed by atoms with Crippen LogP contribution in [0.1, 0.15) is 283 Å². The molecule has 0 spiro atoms. The van der Waals surface area contributed by atoms with Gasteiger partial charge in [0.1, 0.15) is 5.60 Å². The van der Waals surface area contributed by atoms with Crippen molar-refractivity contribution in [2.75, 3.05) is 0 Å². The van der Waals surface area contributed by atoms with Crippen LogP contribution in [-0.2, 0) is 71.7 Å². The lowest BCUT2D eigenvalue weighted by Gasteiger charge is -2.33. The van der Waals surface area contributed by atoms with E-state index >= 15 is 0 Å². The average Bonchev–Trinajstić information content (AvgIpc) is 0.966. The maximum Gasteiger partial charge on any atom is 0.312 e. The highest BCUT2D eigenvalue weighted by Crippen LogP contribution is 2.32. The normalized spacial score (nSPS) is 15.1. The van der Waals surface area contributed by atoms with Gasteiger partial charge in [0, 0.05) is 53.4 Å². The second kappa shape index (κ2) is 55.8. The third-order valence-corrected chi connectivity index (χ3v) is 16.9. The van der Waals surface area contributed by atoms with Crippen molar-refractivity contribution in [3.8, 4) is 0 Å². The minimum absolute atomic E-state index is 0. The highest BCUT2D eigenvalue weighted by molar-refractivity contribution is 5.85. The lowest BCUT2D eigenvalue weighted by atomic mass is 9.85. The molecule has 0 aromatic rings. The molecule has 0 aliphatic rings. The van der Waals surface area contributed by atoms with E-state index in [-0.39, 0.29) is 42.0 Å². The highest BCUT2D eigenvalue weighted by atomic mass is 16.7.